The molecule has 31 heavy (non-hydrogen) atoms. The van der Waals surface area contributed by atoms with Gasteiger partial charge in [0.15, 0.2) is 5.60 Å². The van der Waals surface area contributed by atoms with Crippen LogP contribution in [0.4, 0.5) is 17.1 Å². The van der Waals surface area contributed by atoms with Crippen LogP contribution in [0.1, 0.15) is 29.8 Å². The summed E-state index contributed by atoms with van der Waals surface area (Å²) in [6.45, 7) is 4.33. The first-order valence-electron chi connectivity index (χ1n) is 10.3. The highest BCUT2D eigenvalue weighted by Crippen LogP contribution is 2.38. The van der Waals surface area contributed by atoms with Gasteiger partial charge in [-0.1, -0.05) is 36.4 Å². The number of nitrogens with zero attached hydrogens (tertiary/aromatic N) is 1. The van der Waals surface area contributed by atoms with Crippen LogP contribution in [0.2, 0.25) is 0 Å². The van der Waals surface area contributed by atoms with Gasteiger partial charge >= 0.3 is 0 Å². The van der Waals surface area contributed by atoms with Crippen molar-refractivity contribution in [3.63, 3.8) is 0 Å². The summed E-state index contributed by atoms with van der Waals surface area (Å²) in [5.74, 6) is 0.379. The van der Waals surface area contributed by atoms with Gasteiger partial charge in [-0.05, 0) is 55.8 Å². The average molecular weight is 415 g/mol. The molecule has 1 aliphatic rings. The third-order valence-electron chi connectivity index (χ3n) is 5.47. The maximum Gasteiger partial charge on any atom is 0.271 e. The van der Waals surface area contributed by atoms with Gasteiger partial charge in [-0.15, -0.1) is 0 Å². The van der Waals surface area contributed by atoms with E-state index in [1.54, 1.807) is 29.2 Å². The van der Waals surface area contributed by atoms with Crippen molar-refractivity contribution in [2.75, 3.05) is 22.5 Å². The predicted octanol–water partition coefficient (Wildman–Crippen LogP) is 4.27. The minimum atomic E-state index is -1.02. The van der Waals surface area contributed by atoms with E-state index in [9.17, 15) is 9.59 Å². The van der Waals surface area contributed by atoms with Crippen molar-refractivity contribution in [1.29, 1.82) is 0 Å². The van der Waals surface area contributed by atoms with E-state index in [2.05, 4.69) is 5.32 Å². The van der Waals surface area contributed by atoms with Crippen molar-refractivity contribution >= 4 is 28.9 Å². The number of nitrogens with one attached hydrogen (secondary N) is 1. The smallest absolute Gasteiger partial charge is 0.271 e. The van der Waals surface area contributed by atoms with Gasteiger partial charge in [0.2, 0.25) is 0 Å². The Morgan fingerprint density at radius 3 is 2.42 bits per heavy atom. The highest BCUT2D eigenvalue weighted by atomic mass is 16.5. The molecule has 6 heteroatoms. The standard InChI is InChI=1S/C25H25N3O3/c1-3-28-21-10-6-7-11-22(21)31-25(2,24(28)30)16-17-12-14-18(15-13-17)23(29)27-20-9-5-4-8-19(20)26/h4-15H,3,16,26H2,1-2H3,(H,27,29). The summed E-state index contributed by atoms with van der Waals surface area (Å²) >= 11 is 0. The number of para-hydroxylation sites is 4. The minimum absolute atomic E-state index is 0.0740. The molecular weight excluding hydrogens is 390 g/mol. The molecule has 0 saturated heterocycles. The zero-order valence-electron chi connectivity index (χ0n) is 17.6. The summed E-state index contributed by atoms with van der Waals surface area (Å²) in [6, 6.07) is 21.9. The van der Waals surface area contributed by atoms with Crippen LogP contribution in [0.15, 0.2) is 72.8 Å². The van der Waals surface area contributed by atoms with E-state index >= 15 is 0 Å². The molecule has 0 fully saturated rings. The van der Waals surface area contributed by atoms with E-state index in [4.69, 9.17) is 10.5 Å². The van der Waals surface area contributed by atoms with Crippen molar-refractivity contribution in [3.8, 4) is 5.75 Å². The fourth-order valence-corrected chi connectivity index (χ4v) is 3.84. The van der Waals surface area contributed by atoms with E-state index in [0.29, 0.717) is 35.7 Å². The second kappa shape index (κ2) is 8.14. The third-order valence-corrected chi connectivity index (χ3v) is 5.47. The van der Waals surface area contributed by atoms with Crippen LogP contribution in [0.25, 0.3) is 0 Å². The summed E-state index contributed by atoms with van der Waals surface area (Å²) in [6.07, 6.45) is 0.393. The van der Waals surface area contributed by atoms with Crippen molar-refractivity contribution in [2.24, 2.45) is 0 Å². The molecule has 3 aromatic rings. The largest absolute Gasteiger partial charge is 0.475 e. The number of benzene rings is 3. The number of amides is 2. The van der Waals surface area contributed by atoms with E-state index in [1.807, 2.05) is 62.4 Å². The third kappa shape index (κ3) is 3.97. The summed E-state index contributed by atoms with van der Waals surface area (Å²) in [4.78, 5) is 27.5. The van der Waals surface area contributed by atoms with E-state index in [0.717, 1.165) is 11.3 Å². The van der Waals surface area contributed by atoms with Crippen molar-refractivity contribution in [2.45, 2.75) is 25.9 Å². The van der Waals surface area contributed by atoms with Crippen LogP contribution in [0.5, 0.6) is 5.75 Å². The molecule has 1 aliphatic heterocycles. The molecule has 4 rings (SSSR count). The van der Waals surface area contributed by atoms with Gasteiger partial charge in [0.25, 0.3) is 11.8 Å². The SMILES string of the molecule is CCN1C(=O)C(C)(Cc2ccc(C(=O)Nc3ccccc3N)cc2)Oc2ccccc21. The molecule has 2 amide bonds. The van der Waals surface area contributed by atoms with Gasteiger partial charge in [0.05, 0.1) is 17.1 Å². The predicted molar refractivity (Wildman–Crippen MR) is 122 cm³/mol. The first kappa shape index (κ1) is 20.5. The molecule has 0 spiro atoms. The number of carbonyl (C=O) groups is 2. The Morgan fingerprint density at radius 2 is 1.71 bits per heavy atom. The van der Waals surface area contributed by atoms with Gasteiger partial charge < -0.3 is 20.7 Å². The van der Waals surface area contributed by atoms with Gasteiger partial charge in [0.1, 0.15) is 5.75 Å². The second-order valence-corrected chi connectivity index (χ2v) is 7.77. The molecule has 0 aromatic heterocycles. The quantitative estimate of drug-likeness (QED) is 0.610. The number of hydrogen-bond donors (Lipinski definition) is 2. The number of rotatable bonds is 5. The Bertz CT molecular complexity index is 1130. The molecular formula is C25H25N3O3. The van der Waals surface area contributed by atoms with E-state index in [1.165, 1.54) is 0 Å². The molecule has 1 atom stereocenters. The van der Waals surface area contributed by atoms with E-state index < -0.39 is 5.60 Å². The van der Waals surface area contributed by atoms with Gasteiger partial charge in [-0.2, -0.15) is 0 Å². The van der Waals surface area contributed by atoms with Crippen molar-refractivity contribution < 1.29 is 14.3 Å². The van der Waals surface area contributed by atoms with Crippen LogP contribution in [0.3, 0.4) is 0 Å². The maximum atomic E-state index is 13.2. The lowest BCUT2D eigenvalue weighted by Crippen LogP contribution is -2.55. The van der Waals surface area contributed by atoms with Gasteiger partial charge in [0, 0.05) is 18.5 Å². The number of fused-ring (bicyclic) bond motifs is 1. The van der Waals surface area contributed by atoms with Crippen LogP contribution >= 0.6 is 0 Å². The van der Waals surface area contributed by atoms with Crippen LogP contribution < -0.4 is 20.7 Å². The maximum absolute atomic E-state index is 13.2. The number of ether oxygens (including phenoxy) is 1. The number of anilines is 3. The summed E-state index contributed by atoms with van der Waals surface area (Å²) in [7, 11) is 0. The lowest BCUT2D eigenvalue weighted by atomic mass is 9.92. The number of hydrogen-bond acceptors (Lipinski definition) is 4. The number of nitrogen functional groups attached to an aromatic ring is 1. The fourth-order valence-electron chi connectivity index (χ4n) is 3.84. The summed E-state index contributed by atoms with van der Waals surface area (Å²) < 4.78 is 6.15. The summed E-state index contributed by atoms with van der Waals surface area (Å²) in [5, 5.41) is 2.82. The Balaban J connectivity index is 1.52. The topological polar surface area (TPSA) is 84.7 Å². The number of likely N-dealkylation sites (N-methyl/N-ethyl adjacent to an activating group) is 1. The van der Waals surface area contributed by atoms with Gasteiger partial charge in [-0.25, -0.2) is 0 Å². The molecule has 0 aliphatic carbocycles. The van der Waals surface area contributed by atoms with Crippen LogP contribution in [-0.2, 0) is 11.2 Å². The first-order valence-corrected chi connectivity index (χ1v) is 10.3. The van der Waals surface area contributed by atoms with E-state index in [-0.39, 0.29) is 11.8 Å². The average Bonchev–Trinajstić information content (AvgIpc) is 2.77. The molecule has 3 aromatic carbocycles. The zero-order valence-corrected chi connectivity index (χ0v) is 17.6. The lowest BCUT2D eigenvalue weighted by molar-refractivity contribution is -0.134. The Labute approximate surface area is 181 Å². The molecule has 6 nitrogen and oxygen atoms in total. The highest BCUT2D eigenvalue weighted by molar-refractivity contribution is 6.06. The zero-order chi connectivity index (χ0) is 22.0. The van der Waals surface area contributed by atoms with Crippen molar-refractivity contribution in [1.82, 2.24) is 0 Å². The Hall–Kier alpha value is -3.80. The first-order chi connectivity index (χ1) is 14.9. The molecule has 0 bridgehead atoms. The van der Waals surface area contributed by atoms with Crippen LogP contribution in [0, 0.1) is 0 Å². The van der Waals surface area contributed by atoms with Gasteiger partial charge in [-0.3, -0.25) is 9.59 Å². The molecule has 3 N–H and O–H groups in total. The normalized spacial score (nSPS) is 17.6. The molecule has 1 heterocycles. The minimum Gasteiger partial charge on any atom is -0.475 e. The number of nitrogens with two attached hydrogens (primary N) is 1. The second-order valence-electron chi connectivity index (χ2n) is 7.77. The Kier molecular flexibility index (Phi) is 5.38. The lowest BCUT2D eigenvalue weighted by Gasteiger charge is -2.40. The number of carbonyl (C=O) groups excluding carboxylic acids is 2. The molecule has 0 radical (unpaired) electrons. The molecule has 1 unspecified atom stereocenters. The Morgan fingerprint density at radius 1 is 1.03 bits per heavy atom. The fraction of sp³-hybridized carbons (Fsp3) is 0.200. The highest BCUT2D eigenvalue weighted by Gasteiger charge is 2.44. The molecule has 158 valence electrons. The molecule has 0 saturated carbocycles. The summed E-state index contributed by atoms with van der Waals surface area (Å²) in [5.41, 5.74) is 8.16. The van der Waals surface area contributed by atoms with Crippen LogP contribution in [-0.4, -0.2) is 24.0 Å². The monoisotopic (exact) mass is 415 g/mol. The van der Waals surface area contributed by atoms with Crippen molar-refractivity contribution in [3.05, 3.63) is 83.9 Å².